The van der Waals surface area contributed by atoms with Crippen LogP contribution in [0.2, 0.25) is 0 Å². The summed E-state index contributed by atoms with van der Waals surface area (Å²) in [5.74, 6) is 0.983. The minimum absolute atomic E-state index is 0.240. The highest BCUT2D eigenvalue weighted by Gasteiger charge is 2.34. The molecule has 0 spiro atoms. The fraction of sp³-hybridized carbons (Fsp3) is 0.938. The van der Waals surface area contributed by atoms with Gasteiger partial charge in [-0.25, -0.2) is 0 Å². The van der Waals surface area contributed by atoms with Crippen molar-refractivity contribution in [2.75, 3.05) is 52.9 Å². The van der Waals surface area contributed by atoms with Crippen LogP contribution in [0.15, 0.2) is 4.99 Å². The highest BCUT2D eigenvalue weighted by atomic mass is 19.4. The van der Waals surface area contributed by atoms with Crippen LogP contribution in [0.5, 0.6) is 0 Å². The van der Waals surface area contributed by atoms with E-state index >= 15 is 0 Å². The number of likely N-dealkylation sites (tertiary alicyclic amines) is 2. The van der Waals surface area contributed by atoms with Crippen molar-refractivity contribution in [3.8, 4) is 0 Å². The first-order valence-electron chi connectivity index (χ1n) is 8.89. The number of likely N-dealkylation sites (N-methyl/N-ethyl adjacent to an activating group) is 1. The Kier molecular flexibility index (Phi) is 7.16. The predicted molar refractivity (Wildman–Crippen MR) is 90.2 cm³/mol. The minimum Gasteiger partial charge on any atom is -0.356 e. The van der Waals surface area contributed by atoms with E-state index in [0.717, 1.165) is 32.0 Å². The summed E-state index contributed by atoms with van der Waals surface area (Å²) >= 11 is 0. The Labute approximate surface area is 142 Å². The van der Waals surface area contributed by atoms with Gasteiger partial charge in [-0.05, 0) is 44.8 Å². The number of hydrogen-bond acceptors (Lipinski definition) is 3. The summed E-state index contributed by atoms with van der Waals surface area (Å²) in [6, 6.07) is 0.544. The molecule has 140 valence electrons. The third-order valence-electron chi connectivity index (χ3n) is 4.97. The lowest BCUT2D eigenvalue weighted by Gasteiger charge is -2.24. The molecule has 0 aromatic rings. The quantitative estimate of drug-likeness (QED) is 0.564. The van der Waals surface area contributed by atoms with Gasteiger partial charge in [-0.1, -0.05) is 6.92 Å². The molecule has 2 aliphatic rings. The van der Waals surface area contributed by atoms with Crippen molar-refractivity contribution < 1.29 is 13.2 Å². The molecule has 0 radical (unpaired) electrons. The summed E-state index contributed by atoms with van der Waals surface area (Å²) in [5, 5.41) is 6.62. The normalized spacial score (nSPS) is 27.0. The Morgan fingerprint density at radius 2 is 1.92 bits per heavy atom. The van der Waals surface area contributed by atoms with E-state index in [1.54, 1.807) is 7.05 Å². The average Bonchev–Trinajstić information content (AvgIpc) is 3.14. The van der Waals surface area contributed by atoms with Gasteiger partial charge in [0.15, 0.2) is 5.96 Å². The number of guanidine groups is 1. The Morgan fingerprint density at radius 1 is 1.17 bits per heavy atom. The molecule has 0 amide bonds. The van der Waals surface area contributed by atoms with Crippen LogP contribution in [0.1, 0.15) is 26.2 Å². The van der Waals surface area contributed by atoms with Crippen LogP contribution in [0.4, 0.5) is 13.2 Å². The third-order valence-corrected chi connectivity index (χ3v) is 4.97. The maximum absolute atomic E-state index is 12.4. The van der Waals surface area contributed by atoms with Crippen LogP contribution in [-0.4, -0.2) is 80.8 Å². The van der Waals surface area contributed by atoms with Gasteiger partial charge < -0.3 is 10.6 Å². The summed E-state index contributed by atoms with van der Waals surface area (Å²) in [7, 11) is 1.73. The molecule has 0 bridgehead atoms. The summed E-state index contributed by atoms with van der Waals surface area (Å²) < 4.78 is 37.3. The van der Waals surface area contributed by atoms with Crippen LogP contribution in [0.3, 0.4) is 0 Å². The molecule has 0 aromatic heterocycles. The summed E-state index contributed by atoms with van der Waals surface area (Å²) in [6.45, 7) is 6.14. The van der Waals surface area contributed by atoms with E-state index < -0.39 is 12.7 Å². The molecule has 0 saturated carbocycles. The molecule has 2 unspecified atom stereocenters. The van der Waals surface area contributed by atoms with Crippen molar-refractivity contribution in [1.29, 1.82) is 0 Å². The summed E-state index contributed by atoms with van der Waals surface area (Å²) in [6.07, 6.45) is -0.866. The molecule has 5 nitrogen and oxygen atoms in total. The van der Waals surface area contributed by atoms with Gasteiger partial charge in [0.2, 0.25) is 0 Å². The lowest BCUT2D eigenvalue weighted by Crippen LogP contribution is -2.46. The van der Waals surface area contributed by atoms with Gasteiger partial charge in [0.05, 0.1) is 6.54 Å². The van der Waals surface area contributed by atoms with Gasteiger partial charge in [-0.3, -0.25) is 14.8 Å². The van der Waals surface area contributed by atoms with Crippen LogP contribution < -0.4 is 10.6 Å². The van der Waals surface area contributed by atoms with Gasteiger partial charge in [-0.2, -0.15) is 13.2 Å². The zero-order valence-electron chi connectivity index (χ0n) is 14.7. The van der Waals surface area contributed by atoms with Crippen LogP contribution >= 0.6 is 0 Å². The topological polar surface area (TPSA) is 42.9 Å². The number of hydrogen-bond donors (Lipinski definition) is 2. The van der Waals surface area contributed by atoms with Crippen LogP contribution in [-0.2, 0) is 0 Å². The first-order chi connectivity index (χ1) is 11.4. The molecule has 2 saturated heterocycles. The monoisotopic (exact) mass is 349 g/mol. The molecule has 8 heteroatoms. The molecule has 2 atom stereocenters. The van der Waals surface area contributed by atoms with E-state index in [-0.39, 0.29) is 5.92 Å². The van der Waals surface area contributed by atoms with Gasteiger partial charge >= 0.3 is 6.18 Å². The average molecular weight is 349 g/mol. The van der Waals surface area contributed by atoms with Gasteiger partial charge in [-0.15, -0.1) is 0 Å². The zero-order valence-corrected chi connectivity index (χ0v) is 14.7. The lowest BCUT2D eigenvalue weighted by molar-refractivity contribution is -0.143. The van der Waals surface area contributed by atoms with Gasteiger partial charge in [0.25, 0.3) is 0 Å². The summed E-state index contributed by atoms with van der Waals surface area (Å²) in [5.41, 5.74) is 0. The van der Waals surface area contributed by atoms with E-state index in [4.69, 9.17) is 0 Å². The van der Waals surface area contributed by atoms with Gasteiger partial charge in [0, 0.05) is 32.7 Å². The fourth-order valence-corrected chi connectivity index (χ4v) is 3.70. The highest BCUT2D eigenvalue weighted by molar-refractivity contribution is 5.79. The SMILES string of the molecule is CCN1CCCC1CNC(=NC)NCC1CCN(CC(F)(F)F)C1. The number of rotatable bonds is 6. The molecular weight excluding hydrogens is 319 g/mol. The lowest BCUT2D eigenvalue weighted by atomic mass is 10.1. The molecule has 2 fully saturated rings. The number of alkyl halides is 3. The zero-order chi connectivity index (χ0) is 17.6. The molecule has 0 aliphatic carbocycles. The maximum Gasteiger partial charge on any atom is 0.401 e. The van der Waals surface area contributed by atoms with E-state index in [1.165, 1.54) is 17.7 Å². The van der Waals surface area contributed by atoms with E-state index in [2.05, 4.69) is 27.4 Å². The number of aliphatic imine (C=N–C) groups is 1. The maximum atomic E-state index is 12.4. The molecule has 2 aliphatic heterocycles. The molecular formula is C16H30F3N5. The largest absolute Gasteiger partial charge is 0.401 e. The standard InChI is InChI=1S/C16H30F3N5/c1-3-24-7-4-5-14(24)10-22-15(20-2)21-9-13-6-8-23(11-13)12-16(17,18)19/h13-14H,3-12H2,1-2H3,(H2,20,21,22). The number of nitrogens with zero attached hydrogens (tertiary/aromatic N) is 3. The van der Waals surface area contributed by atoms with E-state index in [9.17, 15) is 13.2 Å². The molecule has 2 N–H and O–H groups in total. The summed E-state index contributed by atoms with van der Waals surface area (Å²) in [4.78, 5) is 8.17. The van der Waals surface area contributed by atoms with Crippen molar-refractivity contribution in [2.24, 2.45) is 10.9 Å². The van der Waals surface area contributed by atoms with Gasteiger partial charge in [0.1, 0.15) is 0 Å². The van der Waals surface area contributed by atoms with E-state index in [0.29, 0.717) is 25.7 Å². The molecule has 0 aromatic carbocycles. The molecule has 2 rings (SSSR count). The predicted octanol–water partition coefficient (Wildman–Crippen LogP) is 1.52. The van der Waals surface area contributed by atoms with Crippen LogP contribution in [0.25, 0.3) is 0 Å². The van der Waals surface area contributed by atoms with Crippen molar-refractivity contribution in [2.45, 2.75) is 38.4 Å². The highest BCUT2D eigenvalue weighted by Crippen LogP contribution is 2.22. The Bertz CT molecular complexity index is 413. The fourth-order valence-electron chi connectivity index (χ4n) is 3.70. The molecule has 2 heterocycles. The smallest absolute Gasteiger partial charge is 0.356 e. The number of nitrogens with one attached hydrogen (secondary N) is 2. The number of halogens is 3. The second-order valence-electron chi connectivity index (χ2n) is 6.76. The Morgan fingerprint density at radius 3 is 2.58 bits per heavy atom. The minimum atomic E-state index is -4.10. The van der Waals surface area contributed by atoms with Crippen molar-refractivity contribution >= 4 is 5.96 Å². The van der Waals surface area contributed by atoms with Crippen molar-refractivity contribution in [3.63, 3.8) is 0 Å². The molecule has 24 heavy (non-hydrogen) atoms. The van der Waals surface area contributed by atoms with Crippen molar-refractivity contribution in [1.82, 2.24) is 20.4 Å². The Hall–Kier alpha value is -1.02. The van der Waals surface area contributed by atoms with Crippen molar-refractivity contribution in [3.05, 3.63) is 0 Å². The third kappa shape index (κ3) is 6.12. The second-order valence-corrected chi connectivity index (χ2v) is 6.76. The van der Waals surface area contributed by atoms with E-state index in [1.807, 2.05) is 0 Å². The van der Waals surface area contributed by atoms with Crippen LogP contribution in [0, 0.1) is 5.92 Å². The Balaban J connectivity index is 1.67. The second kappa shape index (κ2) is 8.89. The first kappa shape index (κ1) is 19.3. The first-order valence-corrected chi connectivity index (χ1v) is 8.89.